The third-order valence-electron chi connectivity index (χ3n) is 11.3. The summed E-state index contributed by atoms with van der Waals surface area (Å²) in [6, 6.07) is 79.4. The van der Waals surface area contributed by atoms with Crippen LogP contribution in [-0.2, 0) is 0 Å². The van der Waals surface area contributed by atoms with Crippen molar-refractivity contribution in [3.8, 4) is 55.9 Å². The molecule has 56 heavy (non-hydrogen) atoms. The molecule has 0 unspecified atom stereocenters. The fraction of sp³-hybridized carbons (Fsp3) is 0. The van der Waals surface area contributed by atoms with Gasteiger partial charge in [0.1, 0.15) is 0 Å². The maximum Gasteiger partial charge on any atom is 0.0788 e. The van der Waals surface area contributed by atoms with E-state index in [-0.39, 0.29) is 0 Å². The minimum atomic E-state index is 1.13. The summed E-state index contributed by atoms with van der Waals surface area (Å²) >= 11 is 0. The Morgan fingerprint density at radius 3 is 0.964 bits per heavy atom. The van der Waals surface area contributed by atoms with Crippen molar-refractivity contribution in [1.82, 2.24) is 9.13 Å². The fourth-order valence-corrected chi connectivity index (χ4v) is 8.70. The van der Waals surface area contributed by atoms with Gasteiger partial charge in [-0.05, 0) is 93.0 Å². The molecule has 9 aromatic carbocycles. The van der Waals surface area contributed by atoms with Gasteiger partial charge in [-0.15, -0.1) is 0 Å². The number of hydrogen-bond donors (Lipinski definition) is 0. The van der Waals surface area contributed by atoms with E-state index < -0.39 is 0 Å². The van der Waals surface area contributed by atoms with E-state index >= 15 is 0 Å². The van der Waals surface area contributed by atoms with Crippen molar-refractivity contribution in [1.29, 1.82) is 0 Å². The number of benzene rings is 9. The van der Waals surface area contributed by atoms with Gasteiger partial charge in [-0.25, -0.2) is 0 Å². The summed E-state index contributed by atoms with van der Waals surface area (Å²) in [6.45, 7) is 0. The summed E-state index contributed by atoms with van der Waals surface area (Å²) < 4.78 is 4.97. The standard InChI is InChI=1S/C54H36N2/c1-3-15-37(16-4-1)39-19-11-21-41(33-39)43-23-13-25-45(35-43)55-51-29-9-7-27-47(51)49-31-32-50-48-28-8-10-30-52(48)56(54(50)53(49)55)46-26-14-24-44(36-46)42-22-12-20-40(34-42)38-17-5-2-6-18-38/h1-36H. The number of fused-ring (bicyclic) bond motifs is 7. The van der Waals surface area contributed by atoms with Crippen molar-refractivity contribution < 1.29 is 0 Å². The molecule has 0 N–H and O–H groups in total. The molecule has 2 aromatic heterocycles. The molecule has 0 amide bonds. The van der Waals surface area contributed by atoms with Gasteiger partial charge in [0, 0.05) is 32.9 Å². The summed E-state index contributed by atoms with van der Waals surface area (Å²) in [7, 11) is 0. The highest BCUT2D eigenvalue weighted by atomic mass is 15.0. The molecule has 2 nitrogen and oxygen atoms in total. The average molecular weight is 713 g/mol. The Kier molecular flexibility index (Phi) is 7.53. The van der Waals surface area contributed by atoms with E-state index in [0.717, 1.165) is 11.4 Å². The second-order valence-corrected chi connectivity index (χ2v) is 14.6. The molecule has 0 saturated carbocycles. The summed E-state index contributed by atoms with van der Waals surface area (Å²) in [5.74, 6) is 0. The minimum Gasteiger partial charge on any atom is -0.307 e. The summed E-state index contributed by atoms with van der Waals surface area (Å²) in [6.07, 6.45) is 0. The van der Waals surface area contributed by atoms with Crippen LogP contribution in [0.3, 0.4) is 0 Å². The second-order valence-electron chi connectivity index (χ2n) is 14.6. The molecule has 0 radical (unpaired) electrons. The van der Waals surface area contributed by atoms with Gasteiger partial charge in [0.05, 0.1) is 22.1 Å². The zero-order valence-electron chi connectivity index (χ0n) is 30.7. The molecular weight excluding hydrogens is 677 g/mol. The normalized spacial score (nSPS) is 11.6. The quantitative estimate of drug-likeness (QED) is 0.162. The van der Waals surface area contributed by atoms with Crippen LogP contribution >= 0.6 is 0 Å². The Labute approximate surface area is 325 Å². The van der Waals surface area contributed by atoms with E-state index in [4.69, 9.17) is 0 Å². The Balaban J connectivity index is 1.15. The van der Waals surface area contributed by atoms with Crippen LogP contribution in [0, 0.1) is 0 Å². The Morgan fingerprint density at radius 2 is 0.536 bits per heavy atom. The lowest BCUT2D eigenvalue weighted by molar-refractivity contribution is 1.15. The summed E-state index contributed by atoms with van der Waals surface area (Å²) in [5.41, 5.74) is 16.7. The van der Waals surface area contributed by atoms with Crippen LogP contribution in [0.15, 0.2) is 218 Å². The van der Waals surface area contributed by atoms with E-state index in [1.54, 1.807) is 0 Å². The molecule has 0 fully saturated rings. The SMILES string of the molecule is c1ccc(-c2cccc(-c3cccc(-n4c5ccccc5c5ccc6c7ccccc7n(-c7cccc(-c8cccc(-c9ccccc9)c8)c7)c6c54)c3)c2)cc1. The molecular formula is C54H36N2. The number of nitrogens with zero attached hydrogens (tertiary/aromatic N) is 2. The van der Waals surface area contributed by atoms with E-state index in [2.05, 4.69) is 228 Å². The van der Waals surface area contributed by atoms with Gasteiger partial charge in [0.2, 0.25) is 0 Å². The Hall–Kier alpha value is -7.42. The molecule has 0 spiro atoms. The molecule has 0 atom stereocenters. The van der Waals surface area contributed by atoms with E-state index in [1.807, 2.05) is 0 Å². The van der Waals surface area contributed by atoms with Crippen LogP contribution in [0.2, 0.25) is 0 Å². The molecule has 11 aromatic rings. The number of aromatic nitrogens is 2. The van der Waals surface area contributed by atoms with Crippen molar-refractivity contribution in [3.63, 3.8) is 0 Å². The van der Waals surface area contributed by atoms with Crippen LogP contribution in [0.25, 0.3) is 99.5 Å². The zero-order chi connectivity index (χ0) is 37.0. The van der Waals surface area contributed by atoms with Gasteiger partial charge in [-0.3, -0.25) is 0 Å². The van der Waals surface area contributed by atoms with Gasteiger partial charge >= 0.3 is 0 Å². The zero-order valence-corrected chi connectivity index (χ0v) is 30.7. The molecule has 0 aliphatic heterocycles. The lowest BCUT2D eigenvalue weighted by Gasteiger charge is -2.15. The molecule has 2 heterocycles. The topological polar surface area (TPSA) is 9.86 Å². The largest absolute Gasteiger partial charge is 0.307 e. The molecule has 262 valence electrons. The van der Waals surface area contributed by atoms with Crippen molar-refractivity contribution in [2.24, 2.45) is 0 Å². The van der Waals surface area contributed by atoms with Gasteiger partial charge in [0.25, 0.3) is 0 Å². The first-order valence-corrected chi connectivity index (χ1v) is 19.3. The number of para-hydroxylation sites is 2. The van der Waals surface area contributed by atoms with Gasteiger partial charge < -0.3 is 9.13 Å². The van der Waals surface area contributed by atoms with Crippen molar-refractivity contribution >= 4 is 43.6 Å². The van der Waals surface area contributed by atoms with Crippen LogP contribution in [0.4, 0.5) is 0 Å². The van der Waals surface area contributed by atoms with Gasteiger partial charge in [-0.1, -0.05) is 170 Å². The lowest BCUT2D eigenvalue weighted by Crippen LogP contribution is -1.99. The van der Waals surface area contributed by atoms with E-state index in [0.29, 0.717) is 0 Å². The first kappa shape index (κ1) is 32.0. The van der Waals surface area contributed by atoms with Crippen LogP contribution in [-0.4, -0.2) is 9.13 Å². The smallest absolute Gasteiger partial charge is 0.0788 e. The van der Waals surface area contributed by atoms with E-state index in [9.17, 15) is 0 Å². The maximum atomic E-state index is 2.49. The summed E-state index contributed by atoms with van der Waals surface area (Å²) in [5, 5.41) is 4.95. The van der Waals surface area contributed by atoms with Crippen LogP contribution < -0.4 is 0 Å². The molecule has 0 aliphatic carbocycles. The highest BCUT2D eigenvalue weighted by molar-refractivity contribution is 6.23. The molecule has 0 bridgehead atoms. The first-order valence-electron chi connectivity index (χ1n) is 19.3. The maximum absolute atomic E-state index is 2.49. The van der Waals surface area contributed by atoms with Crippen molar-refractivity contribution in [2.45, 2.75) is 0 Å². The van der Waals surface area contributed by atoms with E-state index in [1.165, 1.54) is 88.1 Å². The monoisotopic (exact) mass is 712 g/mol. The molecule has 0 saturated heterocycles. The Morgan fingerprint density at radius 1 is 0.214 bits per heavy atom. The number of rotatable bonds is 6. The average Bonchev–Trinajstić information content (AvgIpc) is 3.80. The Bertz CT molecular complexity index is 3020. The number of hydrogen-bond acceptors (Lipinski definition) is 0. The third kappa shape index (κ3) is 5.26. The minimum absolute atomic E-state index is 1.13. The first-order chi connectivity index (χ1) is 27.8. The van der Waals surface area contributed by atoms with Crippen molar-refractivity contribution in [2.75, 3.05) is 0 Å². The van der Waals surface area contributed by atoms with Gasteiger partial charge in [0.15, 0.2) is 0 Å². The predicted molar refractivity (Wildman–Crippen MR) is 237 cm³/mol. The van der Waals surface area contributed by atoms with Gasteiger partial charge in [-0.2, -0.15) is 0 Å². The third-order valence-corrected chi connectivity index (χ3v) is 11.3. The highest BCUT2D eigenvalue weighted by Crippen LogP contribution is 2.42. The molecule has 0 aliphatic rings. The van der Waals surface area contributed by atoms with Crippen LogP contribution in [0.5, 0.6) is 0 Å². The van der Waals surface area contributed by atoms with Crippen LogP contribution in [0.1, 0.15) is 0 Å². The molecule has 11 rings (SSSR count). The second kappa shape index (κ2) is 13.2. The fourth-order valence-electron chi connectivity index (χ4n) is 8.70. The van der Waals surface area contributed by atoms with Crippen molar-refractivity contribution in [3.05, 3.63) is 218 Å². The highest BCUT2D eigenvalue weighted by Gasteiger charge is 2.21. The lowest BCUT2D eigenvalue weighted by atomic mass is 9.99. The molecule has 2 heteroatoms. The summed E-state index contributed by atoms with van der Waals surface area (Å²) in [4.78, 5) is 0. The predicted octanol–water partition coefficient (Wildman–Crippen LogP) is 14.5.